The number of hydrogen-bond acceptors (Lipinski definition) is 4. The maximum absolute atomic E-state index is 13.1. The molecule has 0 unspecified atom stereocenters. The van der Waals surface area contributed by atoms with E-state index >= 15 is 0 Å². The molecule has 3 N–H and O–H groups in total. The lowest BCUT2D eigenvalue weighted by atomic mass is 9.83. The molecule has 0 amide bonds. The Morgan fingerprint density at radius 1 is 1.21 bits per heavy atom. The number of aromatic nitrogens is 1. The van der Waals surface area contributed by atoms with Gasteiger partial charge in [0.15, 0.2) is 23.8 Å². The highest BCUT2D eigenvalue weighted by molar-refractivity contribution is 5.88. The molecule has 1 aliphatic heterocycles. The van der Waals surface area contributed by atoms with Crippen molar-refractivity contribution < 1.29 is 19.2 Å². The summed E-state index contributed by atoms with van der Waals surface area (Å²) >= 11 is 0. The van der Waals surface area contributed by atoms with Gasteiger partial charge < -0.3 is 15.6 Å². The Morgan fingerprint density at radius 2 is 1.90 bits per heavy atom. The van der Waals surface area contributed by atoms with E-state index in [2.05, 4.69) is 16.7 Å². The number of phenols is 1. The van der Waals surface area contributed by atoms with Gasteiger partial charge in [0.05, 0.1) is 0 Å². The SMILES string of the molecule is Cc1c(C)c2c(c(C)c1O)CC[C@@](C)(C(=O)CCc1cc[n+](CCCN)cc1)O2. The molecule has 1 aliphatic rings. The van der Waals surface area contributed by atoms with Crippen molar-refractivity contribution in [1.82, 2.24) is 0 Å². The third kappa shape index (κ3) is 4.30. The fourth-order valence-electron chi connectivity index (χ4n) is 4.04. The molecule has 0 spiro atoms. The number of carbonyl (C=O) groups is 1. The van der Waals surface area contributed by atoms with Crippen LogP contribution in [0.1, 0.15) is 54.0 Å². The van der Waals surface area contributed by atoms with E-state index in [1.54, 1.807) is 0 Å². The summed E-state index contributed by atoms with van der Waals surface area (Å²) in [6.07, 6.45) is 7.58. The summed E-state index contributed by atoms with van der Waals surface area (Å²) in [6, 6.07) is 4.14. The quantitative estimate of drug-likeness (QED) is 0.703. The van der Waals surface area contributed by atoms with Crippen molar-refractivity contribution in [3.05, 3.63) is 52.3 Å². The van der Waals surface area contributed by atoms with Crippen molar-refractivity contribution in [3.63, 3.8) is 0 Å². The smallest absolute Gasteiger partial charge is 0.176 e. The lowest BCUT2D eigenvalue weighted by molar-refractivity contribution is -0.697. The van der Waals surface area contributed by atoms with E-state index in [1.165, 1.54) is 0 Å². The Labute approximate surface area is 173 Å². The first kappa shape index (κ1) is 21.3. The van der Waals surface area contributed by atoms with Crippen LogP contribution in [-0.2, 0) is 24.2 Å². The minimum atomic E-state index is -0.816. The second-order valence-electron chi connectivity index (χ2n) is 8.37. The molecule has 156 valence electrons. The van der Waals surface area contributed by atoms with Gasteiger partial charge in [-0.15, -0.1) is 0 Å². The number of pyridine rings is 1. The molecule has 5 nitrogen and oxygen atoms in total. The Morgan fingerprint density at radius 3 is 2.55 bits per heavy atom. The van der Waals surface area contributed by atoms with Gasteiger partial charge in [-0.2, -0.15) is 0 Å². The van der Waals surface area contributed by atoms with Gasteiger partial charge in [-0.3, -0.25) is 4.79 Å². The standard InChI is InChI=1S/C24H32N2O3/c1-16-17(2)23-20(18(3)22(16)28)8-11-24(4,29-23)21(27)7-6-19-9-14-26(15-10-19)13-5-12-25/h9-10,14-15H,5-8,11-13,25H2,1-4H3/p+1/t24-/m0/s1. The predicted molar refractivity (Wildman–Crippen MR) is 113 cm³/mol. The number of benzene rings is 1. The third-order valence-corrected chi connectivity index (χ3v) is 6.33. The lowest BCUT2D eigenvalue weighted by Gasteiger charge is -2.36. The molecule has 5 heteroatoms. The number of hydrogen-bond donors (Lipinski definition) is 2. The molecule has 2 heterocycles. The number of nitrogens with zero attached hydrogens (tertiary/aromatic N) is 1. The zero-order valence-corrected chi connectivity index (χ0v) is 18.0. The van der Waals surface area contributed by atoms with Crippen LogP contribution < -0.4 is 15.0 Å². The number of rotatable bonds is 7. The molecular weight excluding hydrogens is 364 g/mol. The monoisotopic (exact) mass is 397 g/mol. The summed E-state index contributed by atoms with van der Waals surface area (Å²) < 4.78 is 8.42. The highest BCUT2D eigenvalue weighted by Crippen LogP contribution is 2.43. The largest absolute Gasteiger partial charge is 0.507 e. The van der Waals surface area contributed by atoms with Crippen LogP contribution >= 0.6 is 0 Å². The van der Waals surface area contributed by atoms with E-state index < -0.39 is 5.60 Å². The number of aromatic hydroxyl groups is 1. The Kier molecular flexibility index (Phi) is 6.27. The summed E-state index contributed by atoms with van der Waals surface area (Å²) in [6.45, 7) is 9.26. The first-order chi connectivity index (χ1) is 13.8. The molecule has 1 aromatic heterocycles. The Bertz CT molecular complexity index is 906. The van der Waals surface area contributed by atoms with Gasteiger partial charge in [-0.25, -0.2) is 4.57 Å². The first-order valence-corrected chi connectivity index (χ1v) is 10.5. The number of Topliss-reactive ketones (excluding diaryl/α,β-unsaturated/α-hetero) is 1. The zero-order chi connectivity index (χ0) is 21.2. The molecule has 1 aromatic carbocycles. The second kappa shape index (κ2) is 8.54. The molecule has 0 saturated heterocycles. The zero-order valence-electron chi connectivity index (χ0n) is 18.0. The van der Waals surface area contributed by atoms with Crippen LogP contribution in [0.3, 0.4) is 0 Å². The molecule has 0 radical (unpaired) electrons. The highest BCUT2D eigenvalue weighted by atomic mass is 16.5. The van der Waals surface area contributed by atoms with Crippen molar-refractivity contribution in [2.24, 2.45) is 5.73 Å². The molecule has 0 saturated carbocycles. The highest BCUT2D eigenvalue weighted by Gasteiger charge is 2.40. The van der Waals surface area contributed by atoms with E-state index in [0.717, 1.165) is 53.0 Å². The minimum Gasteiger partial charge on any atom is -0.507 e. The van der Waals surface area contributed by atoms with E-state index in [1.807, 2.05) is 40.1 Å². The number of fused-ring (bicyclic) bond motifs is 1. The summed E-state index contributed by atoms with van der Waals surface area (Å²) in [4.78, 5) is 13.1. The molecule has 0 aliphatic carbocycles. The average molecular weight is 398 g/mol. The van der Waals surface area contributed by atoms with Crippen LogP contribution in [0.4, 0.5) is 0 Å². The minimum absolute atomic E-state index is 0.130. The molecule has 0 bridgehead atoms. The van der Waals surface area contributed by atoms with Gasteiger partial charge in [0, 0.05) is 30.5 Å². The van der Waals surface area contributed by atoms with Crippen LogP contribution in [0.2, 0.25) is 0 Å². The molecule has 2 aromatic rings. The summed E-state index contributed by atoms with van der Waals surface area (Å²) in [5.41, 5.74) is 9.53. The maximum atomic E-state index is 13.1. The predicted octanol–water partition coefficient (Wildman–Crippen LogP) is 3.24. The summed E-state index contributed by atoms with van der Waals surface area (Å²) in [7, 11) is 0. The number of aryl methyl sites for hydroxylation is 2. The molecule has 0 fully saturated rings. The maximum Gasteiger partial charge on any atom is 0.176 e. The Hall–Kier alpha value is -2.40. The molecule has 1 atom stereocenters. The van der Waals surface area contributed by atoms with E-state index in [9.17, 15) is 9.90 Å². The van der Waals surface area contributed by atoms with E-state index in [4.69, 9.17) is 10.5 Å². The molecule has 3 rings (SSSR count). The summed E-state index contributed by atoms with van der Waals surface area (Å²) in [5, 5.41) is 10.3. The van der Waals surface area contributed by atoms with Crippen molar-refractivity contribution >= 4 is 5.78 Å². The molecule has 29 heavy (non-hydrogen) atoms. The number of nitrogens with two attached hydrogens (primary N) is 1. The third-order valence-electron chi connectivity index (χ3n) is 6.33. The second-order valence-corrected chi connectivity index (χ2v) is 8.37. The summed E-state index contributed by atoms with van der Waals surface area (Å²) in [5.74, 6) is 1.25. The topological polar surface area (TPSA) is 76.4 Å². The van der Waals surface area contributed by atoms with Gasteiger partial charge in [-0.1, -0.05) is 0 Å². The van der Waals surface area contributed by atoms with Gasteiger partial charge in [0.25, 0.3) is 0 Å². The number of carbonyl (C=O) groups excluding carboxylic acids is 1. The van der Waals surface area contributed by atoms with E-state index in [0.29, 0.717) is 31.6 Å². The lowest BCUT2D eigenvalue weighted by Crippen LogP contribution is -2.45. The number of ether oxygens (including phenoxy) is 1. The normalized spacial score (nSPS) is 18.2. The van der Waals surface area contributed by atoms with Crippen LogP contribution in [0.25, 0.3) is 0 Å². The fraction of sp³-hybridized carbons (Fsp3) is 0.500. The van der Waals surface area contributed by atoms with Crippen LogP contribution in [-0.4, -0.2) is 23.0 Å². The first-order valence-electron chi connectivity index (χ1n) is 10.5. The van der Waals surface area contributed by atoms with Crippen molar-refractivity contribution in [2.45, 2.75) is 71.9 Å². The van der Waals surface area contributed by atoms with Crippen molar-refractivity contribution in [1.29, 1.82) is 0 Å². The van der Waals surface area contributed by atoms with Crippen LogP contribution in [0, 0.1) is 20.8 Å². The molecular formula is C24H33N2O3+. The van der Waals surface area contributed by atoms with E-state index in [-0.39, 0.29) is 5.78 Å². The number of ketones is 1. The van der Waals surface area contributed by atoms with Gasteiger partial charge in [0.2, 0.25) is 0 Å². The van der Waals surface area contributed by atoms with Crippen molar-refractivity contribution in [2.75, 3.05) is 6.54 Å². The van der Waals surface area contributed by atoms with Crippen LogP contribution in [0.5, 0.6) is 11.5 Å². The fourth-order valence-corrected chi connectivity index (χ4v) is 4.04. The van der Waals surface area contributed by atoms with Gasteiger partial charge >= 0.3 is 0 Å². The average Bonchev–Trinajstić information content (AvgIpc) is 2.73. The Balaban J connectivity index is 1.69. The van der Waals surface area contributed by atoms with Gasteiger partial charge in [0.1, 0.15) is 18.0 Å². The number of phenolic OH excluding ortho intramolecular Hbond substituents is 1. The van der Waals surface area contributed by atoms with Gasteiger partial charge in [-0.05, 0) is 75.8 Å². The van der Waals surface area contributed by atoms with Crippen LogP contribution in [0.15, 0.2) is 24.5 Å². The van der Waals surface area contributed by atoms with Crippen molar-refractivity contribution in [3.8, 4) is 11.5 Å².